The van der Waals surface area contributed by atoms with Crippen molar-refractivity contribution < 1.29 is 5.11 Å². The number of anilines is 2. The summed E-state index contributed by atoms with van der Waals surface area (Å²) in [7, 11) is 1.98. The molecule has 0 amide bonds. The minimum Gasteiger partial charge on any atom is -0.369 e. The summed E-state index contributed by atoms with van der Waals surface area (Å²) >= 11 is 0. The van der Waals surface area contributed by atoms with Crippen LogP contribution in [-0.4, -0.2) is 50.8 Å². The van der Waals surface area contributed by atoms with Gasteiger partial charge >= 0.3 is 0 Å². The maximum Gasteiger partial charge on any atom is 0.152 e. The quantitative estimate of drug-likeness (QED) is 0.398. The number of aliphatic hydroxyl groups is 1. The zero-order chi connectivity index (χ0) is 23.1. The van der Waals surface area contributed by atoms with Crippen LogP contribution in [0.15, 0.2) is 61.3 Å². The fourth-order valence-electron chi connectivity index (χ4n) is 5.21. The van der Waals surface area contributed by atoms with Crippen LogP contribution in [-0.2, 0) is 7.05 Å². The molecule has 0 aliphatic carbocycles. The van der Waals surface area contributed by atoms with Gasteiger partial charge in [-0.05, 0) is 55.6 Å². The fourth-order valence-corrected chi connectivity index (χ4v) is 5.21. The van der Waals surface area contributed by atoms with Crippen LogP contribution < -0.4 is 15.5 Å². The number of nitrogens with one attached hydrogen (secondary N) is 2. The van der Waals surface area contributed by atoms with Gasteiger partial charge < -0.3 is 25.2 Å². The van der Waals surface area contributed by atoms with E-state index in [2.05, 4.69) is 48.7 Å². The van der Waals surface area contributed by atoms with Gasteiger partial charge in [0.2, 0.25) is 0 Å². The SMILES string of the molecule is Cn1cncc1-c1ccc2cnc(NC(O)c3ccnc(N4CC5(CCNCC5)C4)c3)cc2c1. The highest BCUT2D eigenvalue weighted by atomic mass is 16.3. The molecule has 2 aliphatic heterocycles. The van der Waals surface area contributed by atoms with Crippen LogP contribution in [0.25, 0.3) is 22.0 Å². The second kappa shape index (κ2) is 8.38. The van der Waals surface area contributed by atoms with Gasteiger partial charge in [-0.2, -0.15) is 0 Å². The van der Waals surface area contributed by atoms with Crippen molar-refractivity contribution in [3.63, 3.8) is 0 Å². The normalized spacial score (nSPS) is 18.1. The zero-order valence-corrected chi connectivity index (χ0v) is 19.3. The fraction of sp³-hybridized carbons (Fsp3) is 0.346. The van der Waals surface area contributed by atoms with E-state index in [0.717, 1.165) is 59.6 Å². The van der Waals surface area contributed by atoms with Crippen molar-refractivity contribution in [3.8, 4) is 11.3 Å². The lowest BCUT2D eigenvalue weighted by Gasteiger charge is -2.53. The van der Waals surface area contributed by atoms with Crippen LogP contribution in [0, 0.1) is 5.41 Å². The van der Waals surface area contributed by atoms with E-state index < -0.39 is 6.23 Å². The van der Waals surface area contributed by atoms with Crippen LogP contribution in [0.2, 0.25) is 0 Å². The first-order valence-corrected chi connectivity index (χ1v) is 11.8. The molecule has 5 heterocycles. The standard InChI is InChI=1S/C26H29N7O/c1-32-17-28-14-22(32)18-2-3-20-13-30-23(11-21(20)10-18)31-25(34)19-4-7-29-24(12-19)33-15-26(16-33)5-8-27-9-6-26/h2-4,7,10-14,17,25,27,34H,5-6,8-9,15-16H2,1H3,(H,30,31). The molecular formula is C26H29N7O. The lowest BCUT2D eigenvalue weighted by molar-refractivity contribution is 0.149. The number of pyridine rings is 2. The van der Waals surface area contributed by atoms with Crippen molar-refractivity contribution in [3.05, 3.63) is 66.9 Å². The number of hydrogen-bond donors (Lipinski definition) is 3. The second-order valence-corrected chi connectivity index (χ2v) is 9.62. The van der Waals surface area contributed by atoms with Crippen molar-refractivity contribution >= 4 is 22.4 Å². The van der Waals surface area contributed by atoms with Crippen molar-refractivity contribution in [2.45, 2.75) is 19.1 Å². The summed E-state index contributed by atoms with van der Waals surface area (Å²) in [5.74, 6) is 1.55. The number of piperidine rings is 1. The van der Waals surface area contributed by atoms with Gasteiger partial charge in [-0.25, -0.2) is 15.0 Å². The number of nitrogens with zero attached hydrogens (tertiary/aromatic N) is 5. The van der Waals surface area contributed by atoms with Crippen LogP contribution in [0.5, 0.6) is 0 Å². The van der Waals surface area contributed by atoms with Gasteiger partial charge in [0.05, 0.1) is 18.2 Å². The summed E-state index contributed by atoms with van der Waals surface area (Å²) in [5, 5.41) is 19.6. The summed E-state index contributed by atoms with van der Waals surface area (Å²) in [4.78, 5) is 15.6. The molecule has 8 heteroatoms. The molecule has 1 spiro atoms. The maximum atomic E-state index is 10.9. The first kappa shape index (κ1) is 21.1. The number of aliphatic hydroxyl groups excluding tert-OH is 1. The molecule has 1 unspecified atom stereocenters. The van der Waals surface area contributed by atoms with Crippen molar-refractivity contribution in [1.82, 2.24) is 24.8 Å². The maximum absolute atomic E-state index is 10.9. The van der Waals surface area contributed by atoms with Crippen molar-refractivity contribution in [2.75, 3.05) is 36.4 Å². The number of hydrogen-bond acceptors (Lipinski definition) is 7. The highest BCUT2D eigenvalue weighted by molar-refractivity contribution is 5.88. The minimum atomic E-state index is -0.874. The van der Waals surface area contributed by atoms with Gasteiger partial charge in [0.1, 0.15) is 11.6 Å². The third-order valence-electron chi connectivity index (χ3n) is 7.24. The van der Waals surface area contributed by atoms with Gasteiger partial charge in [0, 0.05) is 54.5 Å². The lowest BCUT2D eigenvalue weighted by Crippen LogP contribution is -2.60. The van der Waals surface area contributed by atoms with E-state index in [9.17, 15) is 5.11 Å². The smallest absolute Gasteiger partial charge is 0.152 e. The summed E-state index contributed by atoms with van der Waals surface area (Å²) in [6.07, 6.45) is 8.83. The van der Waals surface area contributed by atoms with Crippen LogP contribution in [0.3, 0.4) is 0 Å². The Hall–Kier alpha value is -3.49. The molecule has 4 aromatic rings. The van der Waals surface area contributed by atoms with E-state index in [1.165, 1.54) is 12.8 Å². The molecule has 0 radical (unpaired) electrons. The van der Waals surface area contributed by atoms with E-state index in [0.29, 0.717) is 11.2 Å². The molecule has 3 aromatic heterocycles. The first-order chi connectivity index (χ1) is 16.6. The van der Waals surface area contributed by atoms with E-state index in [4.69, 9.17) is 0 Å². The molecule has 1 aromatic carbocycles. The molecule has 2 saturated heterocycles. The Morgan fingerprint density at radius 2 is 1.88 bits per heavy atom. The van der Waals surface area contributed by atoms with Crippen LogP contribution >= 0.6 is 0 Å². The Balaban J connectivity index is 1.18. The predicted octanol–water partition coefficient (Wildman–Crippen LogP) is 3.32. The summed E-state index contributed by atoms with van der Waals surface area (Å²) in [6.45, 7) is 4.29. The number of aromatic nitrogens is 4. The number of imidazole rings is 1. The Kier molecular flexibility index (Phi) is 5.19. The van der Waals surface area contributed by atoms with Crippen molar-refractivity contribution in [1.29, 1.82) is 0 Å². The number of fused-ring (bicyclic) bond motifs is 1. The molecule has 174 valence electrons. The predicted molar refractivity (Wildman–Crippen MR) is 134 cm³/mol. The third kappa shape index (κ3) is 3.89. The zero-order valence-electron chi connectivity index (χ0n) is 19.3. The molecule has 1 atom stereocenters. The second-order valence-electron chi connectivity index (χ2n) is 9.62. The number of rotatable bonds is 5. The summed E-state index contributed by atoms with van der Waals surface area (Å²) in [6, 6.07) is 12.1. The molecule has 2 fully saturated rings. The average Bonchev–Trinajstić information content (AvgIpc) is 3.28. The highest BCUT2D eigenvalue weighted by Crippen LogP contribution is 2.40. The van der Waals surface area contributed by atoms with Gasteiger partial charge in [0.25, 0.3) is 0 Å². The molecular weight excluding hydrogens is 426 g/mol. The van der Waals surface area contributed by atoms with Crippen LogP contribution in [0.1, 0.15) is 24.6 Å². The Morgan fingerprint density at radius 3 is 2.68 bits per heavy atom. The monoisotopic (exact) mass is 455 g/mol. The summed E-state index contributed by atoms with van der Waals surface area (Å²) in [5.41, 5.74) is 3.35. The summed E-state index contributed by atoms with van der Waals surface area (Å²) < 4.78 is 2.00. The first-order valence-electron chi connectivity index (χ1n) is 11.8. The lowest BCUT2D eigenvalue weighted by atomic mass is 9.72. The molecule has 8 nitrogen and oxygen atoms in total. The van der Waals surface area contributed by atoms with Gasteiger partial charge in [-0.3, -0.25) is 0 Å². The largest absolute Gasteiger partial charge is 0.369 e. The number of aryl methyl sites for hydroxylation is 1. The Morgan fingerprint density at radius 1 is 1.03 bits per heavy atom. The van der Waals surface area contributed by atoms with Gasteiger partial charge in [-0.1, -0.05) is 12.1 Å². The van der Waals surface area contributed by atoms with Gasteiger partial charge in [0.15, 0.2) is 6.23 Å². The number of benzene rings is 1. The molecule has 6 rings (SSSR count). The third-order valence-corrected chi connectivity index (χ3v) is 7.24. The Bertz CT molecular complexity index is 1320. The molecule has 3 N–H and O–H groups in total. The molecule has 34 heavy (non-hydrogen) atoms. The highest BCUT2D eigenvalue weighted by Gasteiger charge is 2.43. The molecule has 0 saturated carbocycles. The van der Waals surface area contributed by atoms with Crippen molar-refractivity contribution in [2.24, 2.45) is 12.5 Å². The van der Waals surface area contributed by atoms with E-state index in [1.807, 2.05) is 42.2 Å². The van der Waals surface area contributed by atoms with E-state index >= 15 is 0 Å². The Labute approximate surface area is 198 Å². The topological polar surface area (TPSA) is 91.1 Å². The van der Waals surface area contributed by atoms with Crippen LogP contribution in [0.4, 0.5) is 11.6 Å². The molecule has 0 bridgehead atoms. The van der Waals surface area contributed by atoms with E-state index in [1.54, 1.807) is 12.5 Å². The van der Waals surface area contributed by atoms with Gasteiger partial charge in [-0.15, -0.1) is 0 Å². The minimum absolute atomic E-state index is 0.434. The molecule has 2 aliphatic rings. The average molecular weight is 456 g/mol. The van der Waals surface area contributed by atoms with E-state index in [-0.39, 0.29) is 0 Å².